The monoisotopic (exact) mass is 343 g/mol. The summed E-state index contributed by atoms with van der Waals surface area (Å²) in [6.07, 6.45) is 1.95. The molecular weight excluding hydrogens is 318 g/mol. The zero-order valence-corrected chi connectivity index (χ0v) is 14.9. The van der Waals surface area contributed by atoms with Crippen LogP contribution in [0.2, 0.25) is 0 Å². The van der Waals surface area contributed by atoms with E-state index < -0.39 is 0 Å². The van der Waals surface area contributed by atoms with Crippen LogP contribution in [0.15, 0.2) is 12.1 Å². The minimum absolute atomic E-state index is 0.0628. The predicted octanol–water partition coefficient (Wildman–Crippen LogP) is 1.61. The molecule has 25 heavy (non-hydrogen) atoms. The highest BCUT2D eigenvalue weighted by atomic mass is 16.5. The van der Waals surface area contributed by atoms with Gasteiger partial charge in [0.15, 0.2) is 0 Å². The average molecular weight is 343 g/mol. The Kier molecular flexibility index (Phi) is 5.39. The first-order valence-corrected chi connectivity index (χ1v) is 8.82. The number of hydrogen-bond donors (Lipinski definition) is 0. The van der Waals surface area contributed by atoms with Crippen LogP contribution in [0.4, 0.5) is 10.6 Å². The average Bonchev–Trinajstić information content (AvgIpc) is 2.67. The number of hydrogen-bond acceptors (Lipinski definition) is 5. The van der Waals surface area contributed by atoms with Gasteiger partial charge in [-0.2, -0.15) is 5.26 Å². The first kappa shape index (κ1) is 17.5. The van der Waals surface area contributed by atoms with E-state index in [9.17, 15) is 10.1 Å². The van der Waals surface area contributed by atoms with Crippen molar-refractivity contribution in [3.63, 3.8) is 0 Å². The van der Waals surface area contributed by atoms with E-state index in [0.717, 1.165) is 30.9 Å². The van der Waals surface area contributed by atoms with Gasteiger partial charge >= 0.3 is 6.03 Å². The third kappa shape index (κ3) is 3.85. The number of likely N-dealkylation sites (N-methyl/N-ethyl adjacent to an activating group) is 1. The number of carbonyl (C=O) groups excluding carboxylic acids is 1. The summed E-state index contributed by atoms with van der Waals surface area (Å²) in [7, 11) is 1.88. The fraction of sp³-hybridized carbons (Fsp3) is 0.611. The highest BCUT2D eigenvalue weighted by Crippen LogP contribution is 2.24. The standard InChI is InChI=1S/C18H25N5O2/c1-14-5-6-15(12-19)17(20-14)23-7-3-4-16(13-23)21(2)18(24)22-8-10-25-11-9-22/h5-6,16H,3-4,7-11,13H2,1-2H3. The SMILES string of the molecule is Cc1ccc(C#N)c(N2CCCC(N(C)C(=O)N3CCOCC3)C2)n1. The molecule has 0 aliphatic carbocycles. The maximum Gasteiger partial charge on any atom is 0.320 e. The second-order valence-electron chi connectivity index (χ2n) is 6.67. The summed E-state index contributed by atoms with van der Waals surface area (Å²) in [4.78, 5) is 23.1. The van der Waals surface area contributed by atoms with Crippen LogP contribution in [0.25, 0.3) is 0 Å². The number of pyridine rings is 1. The van der Waals surface area contributed by atoms with Crippen LogP contribution in [0.3, 0.4) is 0 Å². The van der Waals surface area contributed by atoms with Crippen molar-refractivity contribution in [1.82, 2.24) is 14.8 Å². The van der Waals surface area contributed by atoms with E-state index in [-0.39, 0.29) is 12.1 Å². The van der Waals surface area contributed by atoms with Gasteiger partial charge in [0.25, 0.3) is 0 Å². The molecule has 1 aromatic rings. The number of piperidine rings is 1. The van der Waals surface area contributed by atoms with Gasteiger partial charge in [-0.25, -0.2) is 9.78 Å². The Morgan fingerprint density at radius 1 is 1.36 bits per heavy atom. The Morgan fingerprint density at radius 3 is 2.84 bits per heavy atom. The van der Waals surface area contributed by atoms with E-state index in [1.54, 1.807) is 0 Å². The Labute approximate surface area is 148 Å². The molecule has 0 radical (unpaired) electrons. The third-order valence-electron chi connectivity index (χ3n) is 4.96. The molecule has 1 atom stereocenters. The minimum Gasteiger partial charge on any atom is -0.378 e. The molecule has 0 spiro atoms. The summed E-state index contributed by atoms with van der Waals surface area (Å²) in [5.41, 5.74) is 1.49. The van der Waals surface area contributed by atoms with Gasteiger partial charge in [0.05, 0.1) is 24.8 Å². The van der Waals surface area contributed by atoms with Crippen molar-refractivity contribution in [1.29, 1.82) is 5.26 Å². The summed E-state index contributed by atoms with van der Waals surface area (Å²) in [5.74, 6) is 0.736. The van der Waals surface area contributed by atoms with Crippen molar-refractivity contribution >= 4 is 11.8 Å². The molecule has 2 amide bonds. The highest BCUT2D eigenvalue weighted by Gasteiger charge is 2.30. The quantitative estimate of drug-likeness (QED) is 0.816. The number of anilines is 1. The van der Waals surface area contributed by atoms with Gasteiger partial charge in [-0.05, 0) is 31.9 Å². The second kappa shape index (κ2) is 7.70. The topological polar surface area (TPSA) is 72.7 Å². The van der Waals surface area contributed by atoms with Gasteiger partial charge in [0.2, 0.25) is 0 Å². The number of aromatic nitrogens is 1. The van der Waals surface area contributed by atoms with Crippen LogP contribution in [-0.4, -0.2) is 73.3 Å². The summed E-state index contributed by atoms with van der Waals surface area (Å²) in [6.45, 7) is 6.01. The first-order chi connectivity index (χ1) is 12.1. The number of ether oxygens (including phenoxy) is 1. The van der Waals surface area contributed by atoms with E-state index in [1.807, 2.05) is 35.9 Å². The predicted molar refractivity (Wildman–Crippen MR) is 94.5 cm³/mol. The van der Waals surface area contributed by atoms with Gasteiger partial charge in [-0.1, -0.05) is 0 Å². The molecule has 7 nitrogen and oxygen atoms in total. The van der Waals surface area contributed by atoms with Crippen LogP contribution < -0.4 is 4.90 Å². The minimum atomic E-state index is 0.0628. The van der Waals surface area contributed by atoms with Crippen LogP contribution in [0, 0.1) is 18.3 Å². The lowest BCUT2D eigenvalue weighted by molar-refractivity contribution is 0.0414. The number of nitrogens with zero attached hydrogens (tertiary/aromatic N) is 5. The Hall–Kier alpha value is -2.33. The summed E-state index contributed by atoms with van der Waals surface area (Å²) < 4.78 is 5.33. The number of morpholine rings is 1. The first-order valence-electron chi connectivity index (χ1n) is 8.82. The van der Waals surface area contributed by atoms with Crippen molar-refractivity contribution < 1.29 is 9.53 Å². The fourth-order valence-electron chi connectivity index (χ4n) is 3.47. The van der Waals surface area contributed by atoms with E-state index in [0.29, 0.717) is 38.4 Å². The number of carbonyl (C=O) groups is 1. The van der Waals surface area contributed by atoms with Crippen molar-refractivity contribution in [3.8, 4) is 6.07 Å². The van der Waals surface area contributed by atoms with Crippen molar-refractivity contribution in [2.75, 3.05) is 51.3 Å². The maximum atomic E-state index is 12.7. The number of aryl methyl sites for hydroxylation is 1. The molecule has 2 aliphatic heterocycles. The molecule has 7 heteroatoms. The normalized spacial score (nSPS) is 20.9. The van der Waals surface area contributed by atoms with Crippen LogP contribution in [-0.2, 0) is 4.74 Å². The van der Waals surface area contributed by atoms with Crippen LogP contribution in [0.1, 0.15) is 24.1 Å². The molecule has 3 rings (SSSR count). The lowest BCUT2D eigenvalue weighted by atomic mass is 10.0. The smallest absolute Gasteiger partial charge is 0.320 e. The van der Waals surface area contributed by atoms with E-state index in [4.69, 9.17) is 4.74 Å². The molecular formula is C18H25N5O2. The van der Waals surface area contributed by atoms with Crippen LogP contribution >= 0.6 is 0 Å². The summed E-state index contributed by atoms with van der Waals surface area (Å²) in [5, 5.41) is 9.37. The zero-order chi connectivity index (χ0) is 17.8. The van der Waals surface area contributed by atoms with E-state index in [2.05, 4.69) is 16.0 Å². The molecule has 0 aromatic carbocycles. The Bertz CT molecular complexity index is 666. The molecule has 0 N–H and O–H groups in total. The number of urea groups is 1. The lowest BCUT2D eigenvalue weighted by Crippen LogP contribution is -2.54. The largest absolute Gasteiger partial charge is 0.378 e. The van der Waals surface area contributed by atoms with Crippen molar-refractivity contribution in [3.05, 3.63) is 23.4 Å². The van der Waals surface area contributed by atoms with E-state index in [1.165, 1.54) is 0 Å². The van der Waals surface area contributed by atoms with Gasteiger partial charge in [-0.15, -0.1) is 0 Å². The molecule has 1 aromatic heterocycles. The number of nitriles is 1. The molecule has 2 aliphatic rings. The lowest BCUT2D eigenvalue weighted by Gasteiger charge is -2.40. The van der Waals surface area contributed by atoms with Gasteiger partial charge < -0.3 is 19.4 Å². The molecule has 134 valence electrons. The Balaban J connectivity index is 1.71. The van der Waals surface area contributed by atoms with Gasteiger partial charge in [-0.3, -0.25) is 0 Å². The molecule has 1 unspecified atom stereocenters. The van der Waals surface area contributed by atoms with E-state index >= 15 is 0 Å². The summed E-state index contributed by atoms with van der Waals surface area (Å²) >= 11 is 0. The van der Waals surface area contributed by atoms with Crippen molar-refractivity contribution in [2.24, 2.45) is 0 Å². The molecule has 0 saturated carbocycles. The van der Waals surface area contributed by atoms with Gasteiger partial charge in [0, 0.05) is 38.9 Å². The fourth-order valence-corrected chi connectivity index (χ4v) is 3.47. The third-order valence-corrected chi connectivity index (χ3v) is 4.96. The molecule has 0 bridgehead atoms. The Morgan fingerprint density at radius 2 is 2.12 bits per heavy atom. The van der Waals surface area contributed by atoms with Crippen molar-refractivity contribution in [2.45, 2.75) is 25.8 Å². The number of amides is 2. The molecule has 2 saturated heterocycles. The maximum absolute atomic E-state index is 12.7. The highest BCUT2D eigenvalue weighted by molar-refractivity contribution is 5.74. The molecule has 2 fully saturated rings. The second-order valence-corrected chi connectivity index (χ2v) is 6.67. The number of rotatable bonds is 2. The van der Waals surface area contributed by atoms with Crippen LogP contribution in [0.5, 0.6) is 0 Å². The summed E-state index contributed by atoms with van der Waals surface area (Å²) in [6, 6.07) is 6.10. The molecule has 3 heterocycles. The van der Waals surface area contributed by atoms with Gasteiger partial charge in [0.1, 0.15) is 11.9 Å². The zero-order valence-electron chi connectivity index (χ0n) is 14.9.